The third-order valence-corrected chi connectivity index (χ3v) is 3.20. The molecular weight excluding hydrogens is 234 g/mol. The highest BCUT2D eigenvalue weighted by atomic mass is 32.1. The van der Waals surface area contributed by atoms with E-state index in [0.29, 0.717) is 17.5 Å². The van der Waals surface area contributed by atoms with Gasteiger partial charge in [0, 0.05) is 17.8 Å². The van der Waals surface area contributed by atoms with Crippen LogP contribution in [-0.2, 0) is 4.79 Å². The Labute approximate surface area is 107 Å². The third-order valence-electron chi connectivity index (χ3n) is 2.42. The molecule has 1 heterocycles. The van der Waals surface area contributed by atoms with Gasteiger partial charge in [-0.15, -0.1) is 11.3 Å². The molecular formula is C12H21N3OS. The van der Waals surface area contributed by atoms with Crippen LogP contribution in [0, 0.1) is 0 Å². The summed E-state index contributed by atoms with van der Waals surface area (Å²) in [6.45, 7) is 6.13. The number of hydrogen-bond donors (Lipinski definition) is 2. The molecule has 1 atom stereocenters. The Morgan fingerprint density at radius 2 is 2.24 bits per heavy atom. The molecule has 0 radical (unpaired) electrons. The number of carbonyl (C=O) groups excluding carboxylic acids is 1. The fourth-order valence-electron chi connectivity index (χ4n) is 1.38. The molecule has 0 saturated heterocycles. The summed E-state index contributed by atoms with van der Waals surface area (Å²) in [4.78, 5) is 15.9. The van der Waals surface area contributed by atoms with Gasteiger partial charge >= 0.3 is 0 Å². The number of hydrogen-bond acceptors (Lipinski definition) is 4. The lowest BCUT2D eigenvalue weighted by atomic mass is 10.1. The molecule has 0 aromatic carbocycles. The number of thiazole rings is 1. The topological polar surface area (TPSA) is 68.0 Å². The molecule has 0 spiro atoms. The molecule has 0 aliphatic heterocycles. The summed E-state index contributed by atoms with van der Waals surface area (Å²) < 4.78 is 0. The zero-order valence-electron chi connectivity index (χ0n) is 10.7. The highest BCUT2D eigenvalue weighted by Crippen LogP contribution is 2.21. The van der Waals surface area contributed by atoms with Gasteiger partial charge in [-0.2, -0.15) is 0 Å². The third kappa shape index (κ3) is 5.28. The number of nitrogens with one attached hydrogen (secondary N) is 1. The zero-order chi connectivity index (χ0) is 12.8. The molecule has 1 unspecified atom stereocenters. The van der Waals surface area contributed by atoms with Crippen LogP contribution in [0.5, 0.6) is 0 Å². The first-order valence-electron chi connectivity index (χ1n) is 6.00. The minimum atomic E-state index is 0.0234. The van der Waals surface area contributed by atoms with Crippen LogP contribution in [0.25, 0.3) is 0 Å². The van der Waals surface area contributed by atoms with Crippen LogP contribution in [0.3, 0.4) is 0 Å². The van der Waals surface area contributed by atoms with E-state index in [0.717, 1.165) is 18.5 Å². The summed E-state index contributed by atoms with van der Waals surface area (Å²) in [5.74, 6) is 0.422. The van der Waals surface area contributed by atoms with Gasteiger partial charge in [-0.05, 0) is 25.7 Å². The van der Waals surface area contributed by atoms with Crippen molar-refractivity contribution in [3.63, 3.8) is 0 Å². The van der Waals surface area contributed by atoms with Crippen molar-refractivity contribution in [3.8, 4) is 0 Å². The van der Waals surface area contributed by atoms with E-state index >= 15 is 0 Å². The van der Waals surface area contributed by atoms with Crippen LogP contribution in [0.2, 0.25) is 0 Å². The quantitative estimate of drug-likeness (QED) is 0.821. The summed E-state index contributed by atoms with van der Waals surface area (Å²) in [6, 6.07) is 0.162. The van der Waals surface area contributed by atoms with Crippen molar-refractivity contribution in [2.75, 3.05) is 5.32 Å². The molecule has 4 nitrogen and oxygen atoms in total. The lowest BCUT2D eigenvalue weighted by Crippen LogP contribution is -2.16. The summed E-state index contributed by atoms with van der Waals surface area (Å²) in [7, 11) is 0. The van der Waals surface area contributed by atoms with Crippen molar-refractivity contribution in [2.24, 2.45) is 5.73 Å². The van der Waals surface area contributed by atoms with Crippen molar-refractivity contribution < 1.29 is 4.79 Å². The summed E-state index contributed by atoms with van der Waals surface area (Å²) >= 11 is 1.48. The van der Waals surface area contributed by atoms with Crippen LogP contribution in [-0.4, -0.2) is 16.9 Å². The summed E-state index contributed by atoms with van der Waals surface area (Å²) in [5, 5.41) is 5.50. The Morgan fingerprint density at radius 1 is 1.53 bits per heavy atom. The van der Waals surface area contributed by atoms with Crippen molar-refractivity contribution in [1.29, 1.82) is 0 Å². The first kappa shape index (κ1) is 14.1. The lowest BCUT2D eigenvalue weighted by molar-refractivity contribution is -0.116. The van der Waals surface area contributed by atoms with Crippen molar-refractivity contribution in [2.45, 2.75) is 52.0 Å². The Balaban J connectivity index is 2.34. The normalized spacial score (nSPS) is 12.8. The number of anilines is 1. The Hall–Kier alpha value is -0.940. The smallest absolute Gasteiger partial charge is 0.226 e. The van der Waals surface area contributed by atoms with E-state index in [1.807, 2.05) is 12.3 Å². The van der Waals surface area contributed by atoms with E-state index in [9.17, 15) is 4.79 Å². The molecule has 0 bridgehead atoms. The molecule has 1 aromatic rings. The van der Waals surface area contributed by atoms with Crippen molar-refractivity contribution in [1.82, 2.24) is 4.98 Å². The standard InChI is InChI=1S/C12H21N3OS/c1-8(2)10-7-17-12(14-10)15-11(16)6-4-5-9(3)13/h7-9H,4-6,13H2,1-3H3,(H,14,15,16). The molecule has 0 fully saturated rings. The van der Waals surface area contributed by atoms with Crippen LogP contribution in [0.1, 0.15) is 51.6 Å². The molecule has 5 heteroatoms. The van der Waals surface area contributed by atoms with Gasteiger partial charge in [0.05, 0.1) is 5.69 Å². The minimum Gasteiger partial charge on any atom is -0.328 e. The first-order valence-corrected chi connectivity index (χ1v) is 6.88. The molecule has 0 aliphatic carbocycles. The van der Waals surface area contributed by atoms with Crippen molar-refractivity contribution >= 4 is 22.4 Å². The van der Waals surface area contributed by atoms with E-state index in [1.54, 1.807) is 0 Å². The number of carbonyl (C=O) groups is 1. The van der Waals surface area contributed by atoms with Gasteiger partial charge in [-0.25, -0.2) is 4.98 Å². The Bertz CT molecular complexity index is 360. The van der Waals surface area contributed by atoms with Crippen LogP contribution in [0.4, 0.5) is 5.13 Å². The van der Waals surface area contributed by atoms with E-state index in [2.05, 4.69) is 24.1 Å². The van der Waals surface area contributed by atoms with Gasteiger partial charge in [0.25, 0.3) is 0 Å². The number of amides is 1. The zero-order valence-corrected chi connectivity index (χ0v) is 11.5. The van der Waals surface area contributed by atoms with E-state index in [4.69, 9.17) is 5.73 Å². The van der Waals surface area contributed by atoms with E-state index < -0.39 is 0 Å². The average Bonchev–Trinajstić information content (AvgIpc) is 2.65. The maximum atomic E-state index is 11.6. The molecule has 1 rings (SSSR count). The molecule has 17 heavy (non-hydrogen) atoms. The van der Waals surface area contributed by atoms with Crippen LogP contribution < -0.4 is 11.1 Å². The monoisotopic (exact) mass is 255 g/mol. The highest BCUT2D eigenvalue weighted by Gasteiger charge is 2.08. The van der Waals surface area contributed by atoms with Crippen molar-refractivity contribution in [3.05, 3.63) is 11.1 Å². The average molecular weight is 255 g/mol. The maximum absolute atomic E-state index is 11.6. The molecule has 1 amide bonds. The lowest BCUT2D eigenvalue weighted by Gasteiger charge is -2.04. The molecule has 96 valence electrons. The second-order valence-electron chi connectivity index (χ2n) is 4.65. The van der Waals surface area contributed by atoms with Gasteiger partial charge < -0.3 is 11.1 Å². The van der Waals surface area contributed by atoms with Crippen LogP contribution in [0.15, 0.2) is 5.38 Å². The van der Waals surface area contributed by atoms with E-state index in [-0.39, 0.29) is 11.9 Å². The number of rotatable bonds is 6. The maximum Gasteiger partial charge on any atom is 0.226 e. The van der Waals surface area contributed by atoms with Gasteiger partial charge in [-0.1, -0.05) is 13.8 Å². The Kier molecular flexibility index (Phi) is 5.58. The molecule has 0 aliphatic rings. The van der Waals surface area contributed by atoms with Gasteiger partial charge in [-0.3, -0.25) is 4.79 Å². The summed E-state index contributed by atoms with van der Waals surface area (Å²) in [5.41, 5.74) is 6.65. The molecule has 1 aromatic heterocycles. The highest BCUT2D eigenvalue weighted by molar-refractivity contribution is 7.13. The Morgan fingerprint density at radius 3 is 2.76 bits per heavy atom. The SMILES string of the molecule is CC(N)CCCC(=O)Nc1nc(C(C)C)cs1. The van der Waals surface area contributed by atoms with Crippen LogP contribution >= 0.6 is 11.3 Å². The predicted octanol–water partition coefficient (Wildman–Crippen LogP) is 2.72. The molecule has 3 N–H and O–H groups in total. The van der Waals surface area contributed by atoms with Gasteiger partial charge in [0.15, 0.2) is 5.13 Å². The fraction of sp³-hybridized carbons (Fsp3) is 0.667. The second-order valence-corrected chi connectivity index (χ2v) is 5.51. The second kappa shape index (κ2) is 6.71. The molecule has 0 saturated carbocycles. The first-order chi connectivity index (χ1) is 7.99. The van der Waals surface area contributed by atoms with Gasteiger partial charge in [0.2, 0.25) is 5.91 Å². The number of nitrogens with zero attached hydrogens (tertiary/aromatic N) is 1. The largest absolute Gasteiger partial charge is 0.328 e. The van der Waals surface area contributed by atoms with E-state index in [1.165, 1.54) is 11.3 Å². The van der Waals surface area contributed by atoms with Gasteiger partial charge in [0.1, 0.15) is 0 Å². The summed E-state index contributed by atoms with van der Waals surface area (Å²) in [6.07, 6.45) is 2.21. The minimum absolute atomic E-state index is 0.0234. The number of nitrogens with two attached hydrogens (primary N) is 1. The number of aromatic nitrogens is 1. The fourth-order valence-corrected chi connectivity index (χ4v) is 2.26. The predicted molar refractivity (Wildman–Crippen MR) is 72.3 cm³/mol.